The van der Waals surface area contributed by atoms with Crippen molar-refractivity contribution >= 4 is 35.4 Å². The van der Waals surface area contributed by atoms with Crippen molar-refractivity contribution in [2.24, 2.45) is 5.92 Å². The highest BCUT2D eigenvalue weighted by molar-refractivity contribution is 6.31. The normalized spacial score (nSPS) is 20.8. The Morgan fingerprint density at radius 2 is 1.83 bits per heavy atom. The van der Waals surface area contributed by atoms with Crippen LogP contribution in [0, 0.1) is 5.92 Å². The maximum absolute atomic E-state index is 14.2. The number of benzene rings is 2. The molecule has 3 aliphatic rings. The fourth-order valence-electron chi connectivity index (χ4n) is 7.07. The number of rotatable bonds is 13. The van der Waals surface area contributed by atoms with Gasteiger partial charge in [-0.2, -0.15) is 0 Å². The summed E-state index contributed by atoms with van der Waals surface area (Å²) >= 11 is 6.60. The van der Waals surface area contributed by atoms with Crippen molar-refractivity contribution in [2.45, 2.75) is 68.8 Å². The Bertz CT molecular complexity index is 1490. The molecule has 2 saturated heterocycles. The lowest BCUT2D eigenvalue weighted by atomic mass is 9.83. The molecule has 3 atom stereocenters. The van der Waals surface area contributed by atoms with Crippen LogP contribution in [0.3, 0.4) is 0 Å². The highest BCUT2D eigenvalue weighted by atomic mass is 35.5. The number of piperidine rings is 1. The highest BCUT2D eigenvalue weighted by Gasteiger charge is 2.44. The van der Waals surface area contributed by atoms with Gasteiger partial charge in [0.2, 0.25) is 5.91 Å². The van der Waals surface area contributed by atoms with Gasteiger partial charge in [0.1, 0.15) is 5.75 Å². The molecule has 1 amide bonds. The van der Waals surface area contributed by atoms with Crippen molar-refractivity contribution in [2.75, 3.05) is 39.9 Å². The number of carboxylic acids is 2. The molecule has 0 aliphatic carbocycles. The largest absolute Gasteiger partial charge is 0.481 e. The minimum absolute atomic E-state index is 0.00837. The Morgan fingerprint density at radius 3 is 2.53 bits per heavy atom. The summed E-state index contributed by atoms with van der Waals surface area (Å²) in [6, 6.07) is 12.7. The van der Waals surface area contributed by atoms with E-state index in [1.807, 2.05) is 17.0 Å². The third-order valence-electron chi connectivity index (χ3n) is 9.52. The standard InChI is InChI=1S/C34H41ClN2O10/c1-45-21-25-6-4-12-37(25)31(41)24(19-36-13-10-34(11-14-36)27-7-3-2-5-22(27)20-46-34)15-23-16-26(8-9-28(23)35)47-30(40)18-33(44,32(42)43)17-29(38)39/h2-3,5,7-9,16,24-25,44H,4,6,10-15,17-21H2,1H3,(H,38,39)(H,42,43)/t24?,25-,33?/m0/s1. The number of halogens is 1. The molecule has 0 saturated carbocycles. The predicted molar refractivity (Wildman–Crippen MR) is 169 cm³/mol. The van der Waals surface area contributed by atoms with Crippen molar-refractivity contribution in [1.82, 2.24) is 9.80 Å². The molecule has 2 aromatic carbocycles. The van der Waals surface area contributed by atoms with Crippen LogP contribution in [0.2, 0.25) is 5.02 Å². The van der Waals surface area contributed by atoms with Crippen molar-refractivity contribution in [3.63, 3.8) is 0 Å². The fraction of sp³-hybridized carbons (Fsp3) is 0.529. The number of fused-ring (bicyclic) bond motifs is 2. The zero-order valence-electron chi connectivity index (χ0n) is 26.4. The minimum Gasteiger partial charge on any atom is -0.481 e. The van der Waals surface area contributed by atoms with Crippen molar-refractivity contribution in [3.8, 4) is 5.75 Å². The summed E-state index contributed by atoms with van der Waals surface area (Å²) in [5.41, 5.74) is -0.128. The Kier molecular flexibility index (Phi) is 10.9. The summed E-state index contributed by atoms with van der Waals surface area (Å²) in [6.45, 7) is 3.64. The average Bonchev–Trinajstić information content (AvgIpc) is 3.64. The molecule has 2 fully saturated rings. The van der Waals surface area contributed by atoms with Gasteiger partial charge in [0, 0.05) is 38.3 Å². The molecular weight excluding hydrogens is 632 g/mol. The third kappa shape index (κ3) is 7.95. The lowest BCUT2D eigenvalue weighted by Crippen LogP contribution is -2.49. The van der Waals surface area contributed by atoms with Gasteiger partial charge in [0.05, 0.1) is 43.6 Å². The number of carboxylic acid groups (broad SMARTS) is 2. The first-order chi connectivity index (χ1) is 22.4. The van der Waals surface area contributed by atoms with Crippen LogP contribution >= 0.6 is 11.6 Å². The second-order valence-electron chi connectivity index (χ2n) is 12.7. The van der Waals surface area contributed by atoms with E-state index in [2.05, 4.69) is 17.0 Å². The van der Waals surface area contributed by atoms with E-state index in [0.717, 1.165) is 38.8 Å². The van der Waals surface area contributed by atoms with Crippen molar-refractivity contribution in [3.05, 3.63) is 64.2 Å². The number of hydrogen-bond acceptors (Lipinski definition) is 9. The zero-order valence-corrected chi connectivity index (χ0v) is 27.1. The van der Waals surface area contributed by atoms with E-state index >= 15 is 0 Å². The van der Waals surface area contributed by atoms with Crippen LogP contribution in [0.1, 0.15) is 55.2 Å². The van der Waals surface area contributed by atoms with E-state index in [1.165, 1.54) is 29.3 Å². The van der Waals surface area contributed by atoms with Crippen LogP contribution in [0.4, 0.5) is 0 Å². The number of nitrogens with zero attached hydrogens (tertiary/aromatic N) is 2. The number of hydrogen-bond donors (Lipinski definition) is 3. The Morgan fingerprint density at radius 1 is 1.09 bits per heavy atom. The Balaban J connectivity index is 1.32. The highest BCUT2D eigenvalue weighted by Crippen LogP contribution is 2.44. The molecule has 12 nitrogen and oxygen atoms in total. The van der Waals surface area contributed by atoms with Crippen LogP contribution in [-0.2, 0) is 47.3 Å². The molecule has 254 valence electrons. The van der Waals surface area contributed by atoms with Gasteiger partial charge in [-0.3, -0.25) is 14.4 Å². The number of likely N-dealkylation sites (tertiary alicyclic amines) is 2. The van der Waals surface area contributed by atoms with Crippen LogP contribution in [0.5, 0.6) is 5.75 Å². The topological polar surface area (TPSA) is 163 Å². The van der Waals surface area contributed by atoms with E-state index in [4.69, 9.17) is 30.9 Å². The van der Waals surface area contributed by atoms with Crippen LogP contribution in [0.25, 0.3) is 0 Å². The van der Waals surface area contributed by atoms with Gasteiger partial charge in [-0.1, -0.05) is 35.9 Å². The first-order valence-electron chi connectivity index (χ1n) is 15.8. The first-order valence-corrected chi connectivity index (χ1v) is 16.2. The number of carbonyl (C=O) groups excluding carboxylic acids is 2. The monoisotopic (exact) mass is 672 g/mol. The Hall–Kier alpha value is -3.55. The number of aliphatic hydroxyl groups is 1. The third-order valence-corrected chi connectivity index (χ3v) is 9.89. The second-order valence-corrected chi connectivity index (χ2v) is 13.1. The Labute approximate surface area is 278 Å². The SMILES string of the molecule is COC[C@@H]1CCCN1C(=O)C(Cc1cc(OC(=O)CC(O)(CC(=O)O)C(=O)O)ccc1Cl)CN1CCC2(CC1)OCc1ccccc12. The average molecular weight is 673 g/mol. The summed E-state index contributed by atoms with van der Waals surface area (Å²) in [5, 5.41) is 28.9. The molecule has 3 heterocycles. The smallest absolute Gasteiger partial charge is 0.336 e. The number of ether oxygens (including phenoxy) is 3. The molecule has 2 aromatic rings. The summed E-state index contributed by atoms with van der Waals surface area (Å²) < 4.78 is 17.1. The van der Waals surface area contributed by atoms with Gasteiger partial charge < -0.3 is 39.3 Å². The molecule has 0 bridgehead atoms. The summed E-state index contributed by atoms with van der Waals surface area (Å²) in [4.78, 5) is 53.5. The molecule has 5 rings (SSSR count). The molecule has 3 aliphatic heterocycles. The molecule has 2 unspecified atom stereocenters. The van der Waals surface area contributed by atoms with E-state index in [9.17, 15) is 29.4 Å². The summed E-state index contributed by atoms with van der Waals surface area (Å²) in [5.74, 6) is -5.02. The molecule has 1 spiro atoms. The van der Waals surface area contributed by atoms with Gasteiger partial charge in [0.15, 0.2) is 5.60 Å². The number of methoxy groups -OCH3 is 1. The van der Waals surface area contributed by atoms with Gasteiger partial charge in [0.25, 0.3) is 0 Å². The van der Waals surface area contributed by atoms with Gasteiger partial charge in [-0.15, -0.1) is 0 Å². The minimum atomic E-state index is -2.83. The molecule has 0 aromatic heterocycles. The van der Waals surface area contributed by atoms with Crippen molar-refractivity contribution in [1.29, 1.82) is 0 Å². The zero-order chi connectivity index (χ0) is 33.8. The summed E-state index contributed by atoms with van der Waals surface area (Å²) in [6.07, 6.45) is 1.34. The van der Waals surface area contributed by atoms with E-state index in [1.54, 1.807) is 7.11 Å². The van der Waals surface area contributed by atoms with Gasteiger partial charge in [-0.25, -0.2) is 4.79 Å². The van der Waals surface area contributed by atoms with Crippen LogP contribution in [0.15, 0.2) is 42.5 Å². The predicted octanol–water partition coefficient (Wildman–Crippen LogP) is 3.24. The van der Waals surface area contributed by atoms with E-state index in [0.29, 0.717) is 36.9 Å². The summed E-state index contributed by atoms with van der Waals surface area (Å²) in [7, 11) is 1.62. The molecule has 3 N–H and O–H groups in total. The van der Waals surface area contributed by atoms with E-state index < -0.39 is 42.3 Å². The molecular formula is C34H41ClN2O10. The second kappa shape index (κ2) is 14.7. The molecule has 13 heteroatoms. The van der Waals surface area contributed by atoms with Crippen LogP contribution < -0.4 is 4.74 Å². The van der Waals surface area contributed by atoms with E-state index in [-0.39, 0.29) is 29.7 Å². The van der Waals surface area contributed by atoms with Gasteiger partial charge >= 0.3 is 17.9 Å². The lowest BCUT2D eigenvalue weighted by Gasteiger charge is -2.41. The number of esters is 1. The molecule has 0 radical (unpaired) electrons. The fourth-order valence-corrected chi connectivity index (χ4v) is 7.26. The maximum Gasteiger partial charge on any atom is 0.336 e. The molecule has 47 heavy (non-hydrogen) atoms. The lowest BCUT2D eigenvalue weighted by molar-refractivity contribution is -0.169. The quantitative estimate of drug-likeness (QED) is 0.211. The number of carbonyl (C=O) groups is 4. The van der Waals surface area contributed by atoms with Crippen molar-refractivity contribution < 1.29 is 48.7 Å². The van der Waals surface area contributed by atoms with Gasteiger partial charge in [-0.05, 0) is 67.0 Å². The number of amides is 1. The first kappa shape index (κ1) is 34.8. The number of aliphatic carboxylic acids is 2. The van der Waals surface area contributed by atoms with Crippen LogP contribution in [-0.4, -0.2) is 100 Å². The maximum atomic E-state index is 14.2.